The van der Waals surface area contributed by atoms with Crippen LogP contribution in [0.1, 0.15) is 11.1 Å². The molecule has 4 heteroatoms. The Morgan fingerprint density at radius 2 is 1.81 bits per heavy atom. The van der Waals surface area contributed by atoms with Gasteiger partial charge >= 0.3 is 0 Å². The predicted molar refractivity (Wildman–Crippen MR) is 80.2 cm³/mol. The van der Waals surface area contributed by atoms with Crippen LogP contribution in [-0.4, -0.2) is 4.98 Å². The van der Waals surface area contributed by atoms with Crippen molar-refractivity contribution in [1.82, 2.24) is 4.98 Å². The van der Waals surface area contributed by atoms with E-state index in [9.17, 15) is 8.78 Å². The molecule has 0 fully saturated rings. The number of nitrogens with one attached hydrogen (secondary N) is 1. The molecule has 1 N–H and O–H groups in total. The highest BCUT2D eigenvalue weighted by Crippen LogP contribution is 2.25. The van der Waals surface area contributed by atoms with Crippen LogP contribution in [0.25, 0.3) is 10.9 Å². The first-order chi connectivity index (χ1) is 10.1. The number of hydrogen-bond acceptors (Lipinski definition) is 2. The third-order valence-electron chi connectivity index (χ3n) is 3.38. The molecule has 2 aromatic carbocycles. The van der Waals surface area contributed by atoms with Crippen molar-refractivity contribution in [2.75, 3.05) is 5.32 Å². The molecule has 0 aliphatic carbocycles. The molecule has 0 aliphatic heterocycles. The SMILES string of the molecule is Cc1ccc(NCc2cc(F)cc(F)c2)c2cccnc12. The van der Waals surface area contributed by atoms with Gasteiger partial charge in [0.2, 0.25) is 0 Å². The van der Waals surface area contributed by atoms with Gasteiger partial charge in [-0.15, -0.1) is 0 Å². The normalized spacial score (nSPS) is 10.8. The second-order valence-corrected chi connectivity index (χ2v) is 4.96. The number of nitrogens with zero attached hydrogens (tertiary/aromatic N) is 1. The molecule has 0 amide bonds. The fourth-order valence-electron chi connectivity index (χ4n) is 2.38. The lowest BCUT2D eigenvalue weighted by molar-refractivity contribution is 0.580. The molecule has 21 heavy (non-hydrogen) atoms. The van der Waals surface area contributed by atoms with Gasteiger partial charge in [-0.05, 0) is 48.4 Å². The number of anilines is 1. The summed E-state index contributed by atoms with van der Waals surface area (Å²) in [4.78, 5) is 4.36. The van der Waals surface area contributed by atoms with E-state index in [0.717, 1.165) is 28.2 Å². The third-order valence-corrected chi connectivity index (χ3v) is 3.38. The van der Waals surface area contributed by atoms with Gasteiger partial charge in [0.05, 0.1) is 5.52 Å². The van der Waals surface area contributed by atoms with Gasteiger partial charge in [0.1, 0.15) is 11.6 Å². The van der Waals surface area contributed by atoms with E-state index >= 15 is 0 Å². The van der Waals surface area contributed by atoms with Gasteiger partial charge in [-0.25, -0.2) is 8.78 Å². The van der Waals surface area contributed by atoms with Gasteiger partial charge < -0.3 is 5.32 Å². The molecule has 3 aromatic rings. The number of halogens is 2. The van der Waals surface area contributed by atoms with Gasteiger partial charge in [-0.2, -0.15) is 0 Å². The van der Waals surface area contributed by atoms with Crippen LogP contribution in [-0.2, 0) is 6.54 Å². The van der Waals surface area contributed by atoms with E-state index in [0.29, 0.717) is 12.1 Å². The topological polar surface area (TPSA) is 24.9 Å². The van der Waals surface area contributed by atoms with Crippen LogP contribution in [0.5, 0.6) is 0 Å². The Kier molecular flexibility index (Phi) is 3.52. The second kappa shape index (κ2) is 5.48. The Bertz CT molecular complexity index is 780. The van der Waals surface area contributed by atoms with Gasteiger partial charge in [0, 0.05) is 29.9 Å². The monoisotopic (exact) mass is 284 g/mol. The number of aryl methyl sites for hydroxylation is 1. The summed E-state index contributed by atoms with van der Waals surface area (Å²) in [6, 6.07) is 11.3. The lowest BCUT2D eigenvalue weighted by Gasteiger charge is -2.11. The summed E-state index contributed by atoms with van der Waals surface area (Å²) in [5, 5.41) is 4.21. The van der Waals surface area contributed by atoms with Gasteiger partial charge in [0.25, 0.3) is 0 Å². The van der Waals surface area contributed by atoms with E-state index < -0.39 is 11.6 Å². The average Bonchev–Trinajstić information content (AvgIpc) is 2.46. The molecule has 0 bridgehead atoms. The van der Waals surface area contributed by atoms with E-state index in [2.05, 4.69) is 10.3 Å². The molecular formula is C17H14F2N2. The minimum Gasteiger partial charge on any atom is -0.380 e. The van der Waals surface area contributed by atoms with Gasteiger partial charge in [-0.1, -0.05) is 6.07 Å². The zero-order chi connectivity index (χ0) is 14.8. The van der Waals surface area contributed by atoms with Crippen LogP contribution in [0, 0.1) is 18.6 Å². The summed E-state index contributed by atoms with van der Waals surface area (Å²) in [5.41, 5.74) is 3.47. The smallest absolute Gasteiger partial charge is 0.126 e. The Labute approximate surface area is 121 Å². The number of aromatic nitrogens is 1. The lowest BCUT2D eigenvalue weighted by Crippen LogP contribution is -2.01. The van der Waals surface area contributed by atoms with Crippen molar-refractivity contribution in [2.24, 2.45) is 0 Å². The molecule has 3 rings (SSSR count). The Balaban J connectivity index is 1.90. The molecule has 106 valence electrons. The maximum absolute atomic E-state index is 13.2. The quantitative estimate of drug-likeness (QED) is 0.769. The van der Waals surface area contributed by atoms with Crippen molar-refractivity contribution in [1.29, 1.82) is 0 Å². The Morgan fingerprint density at radius 3 is 2.57 bits per heavy atom. The molecule has 0 aliphatic rings. The van der Waals surface area contributed by atoms with E-state index in [1.807, 2.05) is 31.2 Å². The van der Waals surface area contributed by atoms with Gasteiger partial charge in [-0.3, -0.25) is 4.98 Å². The average molecular weight is 284 g/mol. The number of fused-ring (bicyclic) bond motifs is 1. The first-order valence-electron chi connectivity index (χ1n) is 6.66. The fraction of sp³-hybridized carbons (Fsp3) is 0.118. The summed E-state index contributed by atoms with van der Waals surface area (Å²) in [5.74, 6) is -1.13. The highest BCUT2D eigenvalue weighted by Gasteiger charge is 2.05. The minimum atomic E-state index is -0.567. The third kappa shape index (κ3) is 2.84. The molecular weight excluding hydrogens is 270 g/mol. The Hall–Kier alpha value is -2.49. The second-order valence-electron chi connectivity index (χ2n) is 4.96. The standard InChI is InChI=1S/C17H14F2N2/c1-11-4-5-16(15-3-2-6-20-17(11)15)21-10-12-7-13(18)9-14(19)8-12/h2-9,21H,10H2,1H3. The molecule has 0 spiro atoms. The number of hydrogen-bond donors (Lipinski definition) is 1. The van der Waals surface area contributed by atoms with Crippen molar-refractivity contribution in [2.45, 2.75) is 13.5 Å². The maximum atomic E-state index is 13.2. The van der Waals surface area contributed by atoms with E-state index in [4.69, 9.17) is 0 Å². The van der Waals surface area contributed by atoms with Crippen molar-refractivity contribution in [3.05, 3.63) is 71.4 Å². The summed E-state index contributed by atoms with van der Waals surface area (Å²) in [6.07, 6.45) is 1.75. The number of rotatable bonds is 3. The fourth-order valence-corrected chi connectivity index (χ4v) is 2.38. The molecule has 0 saturated carbocycles. The zero-order valence-corrected chi connectivity index (χ0v) is 11.5. The largest absolute Gasteiger partial charge is 0.380 e. The van der Waals surface area contributed by atoms with Crippen LogP contribution >= 0.6 is 0 Å². The van der Waals surface area contributed by atoms with Crippen LogP contribution in [0.15, 0.2) is 48.7 Å². The number of benzene rings is 2. The minimum absolute atomic E-state index is 0.349. The zero-order valence-electron chi connectivity index (χ0n) is 11.5. The van der Waals surface area contributed by atoms with Crippen LogP contribution in [0.3, 0.4) is 0 Å². The van der Waals surface area contributed by atoms with Crippen molar-refractivity contribution >= 4 is 16.6 Å². The highest BCUT2D eigenvalue weighted by atomic mass is 19.1. The lowest BCUT2D eigenvalue weighted by atomic mass is 10.1. The van der Waals surface area contributed by atoms with Crippen molar-refractivity contribution in [3.8, 4) is 0 Å². The summed E-state index contributed by atoms with van der Waals surface area (Å²) >= 11 is 0. The highest BCUT2D eigenvalue weighted by molar-refractivity contribution is 5.93. The van der Waals surface area contributed by atoms with Crippen LogP contribution < -0.4 is 5.32 Å². The first-order valence-corrected chi connectivity index (χ1v) is 6.66. The maximum Gasteiger partial charge on any atom is 0.126 e. The molecule has 1 aromatic heterocycles. The Morgan fingerprint density at radius 1 is 1.05 bits per heavy atom. The molecule has 0 atom stereocenters. The first kappa shape index (κ1) is 13.5. The molecule has 0 unspecified atom stereocenters. The van der Waals surface area contributed by atoms with Crippen molar-refractivity contribution < 1.29 is 8.78 Å². The van der Waals surface area contributed by atoms with E-state index in [1.165, 1.54) is 12.1 Å². The summed E-state index contributed by atoms with van der Waals surface area (Å²) in [6.45, 7) is 2.35. The van der Waals surface area contributed by atoms with E-state index in [1.54, 1.807) is 6.20 Å². The summed E-state index contributed by atoms with van der Waals surface area (Å²) < 4.78 is 26.4. The number of pyridine rings is 1. The van der Waals surface area contributed by atoms with Crippen molar-refractivity contribution in [3.63, 3.8) is 0 Å². The molecule has 2 nitrogen and oxygen atoms in total. The van der Waals surface area contributed by atoms with E-state index in [-0.39, 0.29) is 0 Å². The van der Waals surface area contributed by atoms with Gasteiger partial charge in [0.15, 0.2) is 0 Å². The van der Waals surface area contributed by atoms with Crippen LogP contribution in [0.4, 0.5) is 14.5 Å². The van der Waals surface area contributed by atoms with Crippen LogP contribution in [0.2, 0.25) is 0 Å². The molecule has 0 saturated heterocycles. The summed E-state index contributed by atoms with van der Waals surface area (Å²) in [7, 11) is 0. The molecule has 0 radical (unpaired) electrons. The predicted octanol–water partition coefficient (Wildman–Crippen LogP) is 4.43. The molecule has 1 heterocycles.